The van der Waals surface area contributed by atoms with Gasteiger partial charge >= 0.3 is 0 Å². The Kier molecular flexibility index (Phi) is 7.82. The Labute approximate surface area is 107 Å². The molecule has 0 spiro atoms. The van der Waals surface area contributed by atoms with Crippen LogP contribution in [-0.2, 0) is 0 Å². The van der Waals surface area contributed by atoms with Crippen LogP contribution in [0.3, 0.4) is 0 Å². The van der Waals surface area contributed by atoms with Crippen LogP contribution in [0.15, 0.2) is 0 Å². The second-order valence-corrected chi connectivity index (χ2v) is 5.27. The number of nitrogens with zero attached hydrogens (tertiary/aromatic N) is 1. The topological polar surface area (TPSA) is 35.5 Å². The van der Waals surface area contributed by atoms with Crippen LogP contribution < -0.4 is 5.32 Å². The van der Waals surface area contributed by atoms with Gasteiger partial charge in [-0.05, 0) is 25.4 Å². The molecule has 3 nitrogen and oxygen atoms in total. The summed E-state index contributed by atoms with van der Waals surface area (Å²) in [5.74, 6) is 0.787. The number of likely N-dealkylation sites (N-methyl/N-ethyl adjacent to an activating group) is 1. The first-order valence-electron chi connectivity index (χ1n) is 7.37. The summed E-state index contributed by atoms with van der Waals surface area (Å²) in [6.45, 7) is 9.45. The molecule has 0 saturated heterocycles. The quantitative estimate of drug-likeness (QED) is 0.606. The van der Waals surface area contributed by atoms with E-state index in [1.165, 1.54) is 25.7 Å². The minimum atomic E-state index is -0.144. The Balaban J connectivity index is 1.97. The second kappa shape index (κ2) is 8.90. The smallest absolute Gasteiger partial charge is 0.0667 e. The van der Waals surface area contributed by atoms with Gasteiger partial charge in [-0.15, -0.1) is 0 Å². The maximum absolute atomic E-state index is 9.91. The molecule has 0 aliphatic heterocycles. The summed E-state index contributed by atoms with van der Waals surface area (Å²) in [6.07, 6.45) is 6.25. The van der Waals surface area contributed by atoms with Crippen molar-refractivity contribution < 1.29 is 5.11 Å². The summed E-state index contributed by atoms with van der Waals surface area (Å²) >= 11 is 0. The van der Waals surface area contributed by atoms with Gasteiger partial charge in [0, 0.05) is 19.6 Å². The van der Waals surface area contributed by atoms with Gasteiger partial charge in [-0.1, -0.05) is 39.5 Å². The molecule has 0 aromatic rings. The van der Waals surface area contributed by atoms with Gasteiger partial charge in [-0.2, -0.15) is 0 Å². The standard InChI is InChI=1S/C14H30N2O/c1-3-16(4-2)10-9-15-12-14(17)11-13-7-5-6-8-13/h13-15,17H,3-12H2,1-2H3. The van der Waals surface area contributed by atoms with Crippen molar-refractivity contribution in [2.45, 2.75) is 52.1 Å². The zero-order valence-corrected chi connectivity index (χ0v) is 11.6. The molecule has 2 N–H and O–H groups in total. The van der Waals surface area contributed by atoms with Crippen LogP contribution >= 0.6 is 0 Å². The highest BCUT2D eigenvalue weighted by Crippen LogP contribution is 2.28. The highest BCUT2D eigenvalue weighted by Gasteiger charge is 2.18. The van der Waals surface area contributed by atoms with Gasteiger partial charge in [0.1, 0.15) is 0 Å². The highest BCUT2D eigenvalue weighted by atomic mass is 16.3. The molecule has 1 aliphatic rings. The SMILES string of the molecule is CCN(CC)CCNCC(O)CC1CCCC1. The largest absolute Gasteiger partial charge is 0.392 e. The number of rotatable bonds is 9. The van der Waals surface area contributed by atoms with Gasteiger partial charge in [0.15, 0.2) is 0 Å². The first kappa shape index (κ1) is 14.9. The number of hydrogen-bond acceptors (Lipinski definition) is 3. The average molecular weight is 242 g/mol. The molecule has 0 aromatic heterocycles. The van der Waals surface area contributed by atoms with Crippen LogP contribution in [0.1, 0.15) is 46.0 Å². The Morgan fingerprint density at radius 1 is 1.24 bits per heavy atom. The van der Waals surface area contributed by atoms with Gasteiger partial charge in [-0.3, -0.25) is 0 Å². The van der Waals surface area contributed by atoms with Crippen molar-refractivity contribution in [3.63, 3.8) is 0 Å². The summed E-state index contributed by atoms with van der Waals surface area (Å²) in [4.78, 5) is 2.40. The molecule has 17 heavy (non-hydrogen) atoms. The molecular weight excluding hydrogens is 212 g/mol. The molecule has 3 heteroatoms. The molecule has 102 valence electrons. The molecule has 1 atom stereocenters. The first-order chi connectivity index (χ1) is 8.26. The lowest BCUT2D eigenvalue weighted by atomic mass is 10.0. The van der Waals surface area contributed by atoms with E-state index >= 15 is 0 Å². The monoisotopic (exact) mass is 242 g/mol. The van der Waals surface area contributed by atoms with Crippen molar-refractivity contribution >= 4 is 0 Å². The van der Waals surface area contributed by atoms with Crippen molar-refractivity contribution in [1.82, 2.24) is 10.2 Å². The van der Waals surface area contributed by atoms with Gasteiger partial charge < -0.3 is 15.3 Å². The van der Waals surface area contributed by atoms with Crippen LogP contribution in [0.4, 0.5) is 0 Å². The summed E-state index contributed by atoms with van der Waals surface area (Å²) < 4.78 is 0. The molecule has 0 bridgehead atoms. The van der Waals surface area contributed by atoms with Gasteiger partial charge in [0.2, 0.25) is 0 Å². The molecule has 1 fully saturated rings. The highest BCUT2D eigenvalue weighted by molar-refractivity contribution is 4.72. The van der Waals surface area contributed by atoms with Crippen molar-refractivity contribution in [2.24, 2.45) is 5.92 Å². The van der Waals surface area contributed by atoms with Crippen LogP contribution in [0, 0.1) is 5.92 Å². The van der Waals surface area contributed by atoms with E-state index in [1.807, 2.05) is 0 Å². The zero-order chi connectivity index (χ0) is 12.5. The predicted octanol–water partition coefficient (Wildman–Crippen LogP) is 1.86. The van der Waals surface area contributed by atoms with E-state index in [0.717, 1.165) is 45.1 Å². The zero-order valence-electron chi connectivity index (χ0n) is 11.6. The molecule has 0 amide bonds. The molecule has 0 aromatic carbocycles. The second-order valence-electron chi connectivity index (χ2n) is 5.27. The third-order valence-corrected chi connectivity index (χ3v) is 3.96. The lowest BCUT2D eigenvalue weighted by Crippen LogP contribution is -2.35. The maximum Gasteiger partial charge on any atom is 0.0667 e. The molecule has 1 rings (SSSR count). The van der Waals surface area contributed by atoms with Crippen molar-refractivity contribution in [2.75, 3.05) is 32.7 Å². The fourth-order valence-corrected chi connectivity index (χ4v) is 2.76. The molecule has 1 aliphatic carbocycles. The molecular formula is C14H30N2O. The summed E-state index contributed by atoms with van der Waals surface area (Å²) in [7, 11) is 0. The average Bonchev–Trinajstić information content (AvgIpc) is 2.82. The third kappa shape index (κ3) is 6.39. The number of nitrogens with one attached hydrogen (secondary N) is 1. The Bertz CT molecular complexity index is 177. The Morgan fingerprint density at radius 2 is 1.88 bits per heavy atom. The number of hydrogen-bond donors (Lipinski definition) is 2. The van der Waals surface area contributed by atoms with E-state index in [2.05, 4.69) is 24.1 Å². The Morgan fingerprint density at radius 3 is 2.47 bits per heavy atom. The first-order valence-corrected chi connectivity index (χ1v) is 7.37. The van der Waals surface area contributed by atoms with E-state index < -0.39 is 0 Å². The van der Waals surface area contributed by atoms with Gasteiger partial charge in [0.25, 0.3) is 0 Å². The lowest BCUT2D eigenvalue weighted by Gasteiger charge is -2.20. The summed E-state index contributed by atoms with van der Waals surface area (Å²) in [6, 6.07) is 0. The minimum absolute atomic E-state index is 0.144. The predicted molar refractivity (Wildman–Crippen MR) is 73.2 cm³/mol. The fraction of sp³-hybridized carbons (Fsp3) is 1.00. The van der Waals surface area contributed by atoms with E-state index in [4.69, 9.17) is 0 Å². The van der Waals surface area contributed by atoms with Crippen LogP contribution in [0.5, 0.6) is 0 Å². The minimum Gasteiger partial charge on any atom is -0.392 e. The lowest BCUT2D eigenvalue weighted by molar-refractivity contribution is 0.139. The van der Waals surface area contributed by atoms with Crippen LogP contribution in [-0.4, -0.2) is 48.8 Å². The van der Waals surface area contributed by atoms with Gasteiger partial charge in [0.05, 0.1) is 6.10 Å². The van der Waals surface area contributed by atoms with Crippen molar-refractivity contribution in [1.29, 1.82) is 0 Å². The normalized spacial score (nSPS) is 19.1. The summed E-state index contributed by atoms with van der Waals surface area (Å²) in [5.41, 5.74) is 0. The van der Waals surface area contributed by atoms with Crippen LogP contribution in [0.2, 0.25) is 0 Å². The van der Waals surface area contributed by atoms with E-state index in [1.54, 1.807) is 0 Å². The molecule has 1 unspecified atom stereocenters. The van der Waals surface area contributed by atoms with Crippen molar-refractivity contribution in [3.8, 4) is 0 Å². The number of aliphatic hydroxyl groups is 1. The molecule has 1 saturated carbocycles. The van der Waals surface area contributed by atoms with E-state index in [0.29, 0.717) is 0 Å². The van der Waals surface area contributed by atoms with E-state index in [9.17, 15) is 5.11 Å². The van der Waals surface area contributed by atoms with E-state index in [-0.39, 0.29) is 6.10 Å². The number of aliphatic hydroxyl groups excluding tert-OH is 1. The summed E-state index contributed by atoms with van der Waals surface area (Å²) in [5, 5.41) is 13.3. The maximum atomic E-state index is 9.91. The molecule has 0 heterocycles. The van der Waals surface area contributed by atoms with Gasteiger partial charge in [-0.25, -0.2) is 0 Å². The fourth-order valence-electron chi connectivity index (χ4n) is 2.76. The van der Waals surface area contributed by atoms with Crippen molar-refractivity contribution in [3.05, 3.63) is 0 Å². The van der Waals surface area contributed by atoms with Crippen LogP contribution in [0.25, 0.3) is 0 Å². The third-order valence-electron chi connectivity index (χ3n) is 3.96. The Hall–Kier alpha value is -0.120. The molecule has 0 radical (unpaired) electrons.